The second-order valence-electron chi connectivity index (χ2n) is 8.64. The van der Waals surface area contributed by atoms with Gasteiger partial charge in [0.15, 0.2) is 0 Å². The van der Waals surface area contributed by atoms with E-state index >= 15 is 0 Å². The molecule has 178 valence electrons. The largest absolute Gasteiger partial charge is 0.383 e. The van der Waals surface area contributed by atoms with Crippen LogP contribution in [0.5, 0.6) is 0 Å². The van der Waals surface area contributed by atoms with Crippen LogP contribution in [0.15, 0.2) is 65.7 Å². The van der Waals surface area contributed by atoms with E-state index in [1.54, 1.807) is 23.0 Å². The third-order valence-electron chi connectivity index (χ3n) is 5.88. The van der Waals surface area contributed by atoms with Crippen molar-refractivity contribution in [1.29, 1.82) is 0 Å². The molecular formula is C26H29FN4O2S. The monoisotopic (exact) mass is 480 g/mol. The number of aromatic nitrogens is 2. The van der Waals surface area contributed by atoms with Gasteiger partial charge >= 0.3 is 0 Å². The number of anilines is 1. The zero-order valence-corrected chi connectivity index (χ0v) is 20.6. The van der Waals surface area contributed by atoms with Crippen molar-refractivity contribution in [2.45, 2.75) is 45.1 Å². The number of hydrogen-bond acceptors (Lipinski definition) is 4. The molecule has 2 N–H and O–H groups in total. The summed E-state index contributed by atoms with van der Waals surface area (Å²) in [6.45, 7) is 8.02. The SMILES string of the molecule is CCC(CNc1ccc2c(cnn2-c2ccc(F)cc2)c1)NS(=O)(=O)c1c(C)cc(C)cc1C. The Hall–Kier alpha value is -3.23. The lowest BCUT2D eigenvalue weighted by Crippen LogP contribution is -2.39. The molecule has 0 saturated carbocycles. The molecule has 4 rings (SSSR count). The molecular weight excluding hydrogens is 451 g/mol. The first kappa shape index (κ1) is 23.9. The molecule has 4 aromatic rings. The summed E-state index contributed by atoms with van der Waals surface area (Å²) in [5.41, 5.74) is 5.08. The Morgan fingerprint density at radius 2 is 1.68 bits per heavy atom. The predicted molar refractivity (Wildman–Crippen MR) is 135 cm³/mol. The lowest BCUT2D eigenvalue weighted by molar-refractivity contribution is 0.547. The van der Waals surface area contributed by atoms with Gasteiger partial charge in [0.2, 0.25) is 10.0 Å². The van der Waals surface area contributed by atoms with Gasteiger partial charge in [-0.1, -0.05) is 24.6 Å². The number of aryl methyl sites for hydroxylation is 3. The van der Waals surface area contributed by atoms with Crippen LogP contribution in [-0.4, -0.2) is 30.8 Å². The predicted octanol–water partition coefficient (Wildman–Crippen LogP) is 5.26. The smallest absolute Gasteiger partial charge is 0.241 e. The number of nitrogens with one attached hydrogen (secondary N) is 2. The van der Waals surface area contributed by atoms with Gasteiger partial charge in [0, 0.05) is 23.7 Å². The standard InChI is InChI=1S/C26H29FN4O2S/c1-5-22(30-34(32,33)26-18(3)12-17(2)13-19(26)4)16-28-23-8-11-25-20(14-23)15-29-31(25)24-9-6-21(27)7-10-24/h6-15,22,28,30H,5,16H2,1-4H3. The first-order chi connectivity index (χ1) is 16.2. The highest BCUT2D eigenvalue weighted by Crippen LogP contribution is 2.24. The summed E-state index contributed by atoms with van der Waals surface area (Å²) in [5.74, 6) is -0.291. The fourth-order valence-electron chi connectivity index (χ4n) is 4.31. The maximum absolute atomic E-state index is 13.2. The second-order valence-corrected chi connectivity index (χ2v) is 10.3. The minimum Gasteiger partial charge on any atom is -0.383 e. The molecule has 6 nitrogen and oxygen atoms in total. The minimum absolute atomic E-state index is 0.275. The molecule has 1 aromatic heterocycles. The molecule has 0 aliphatic rings. The van der Waals surface area contributed by atoms with Crippen molar-refractivity contribution >= 4 is 26.6 Å². The van der Waals surface area contributed by atoms with Gasteiger partial charge in [-0.05, 0) is 80.8 Å². The first-order valence-electron chi connectivity index (χ1n) is 11.3. The Labute approximate surface area is 199 Å². The molecule has 0 spiro atoms. The van der Waals surface area contributed by atoms with E-state index in [9.17, 15) is 12.8 Å². The molecule has 1 unspecified atom stereocenters. The zero-order chi connectivity index (χ0) is 24.5. The van der Waals surface area contributed by atoms with Crippen LogP contribution >= 0.6 is 0 Å². The number of sulfonamides is 1. The molecule has 0 aliphatic carbocycles. The van der Waals surface area contributed by atoms with Crippen LogP contribution in [0.1, 0.15) is 30.0 Å². The Kier molecular flexibility index (Phi) is 6.72. The average molecular weight is 481 g/mol. The molecule has 0 amide bonds. The third kappa shape index (κ3) is 4.98. The van der Waals surface area contributed by atoms with Crippen LogP contribution in [0.25, 0.3) is 16.6 Å². The van der Waals surface area contributed by atoms with Gasteiger partial charge in [0.05, 0.1) is 22.3 Å². The molecule has 0 saturated heterocycles. The first-order valence-corrected chi connectivity index (χ1v) is 12.7. The third-order valence-corrected chi connectivity index (χ3v) is 7.70. The molecule has 0 fully saturated rings. The highest BCUT2D eigenvalue weighted by Gasteiger charge is 2.23. The van der Waals surface area contributed by atoms with Crippen molar-refractivity contribution in [2.75, 3.05) is 11.9 Å². The summed E-state index contributed by atoms with van der Waals surface area (Å²) in [7, 11) is -3.65. The normalized spacial score (nSPS) is 12.7. The maximum atomic E-state index is 13.2. The molecule has 0 bridgehead atoms. The van der Waals surface area contributed by atoms with E-state index < -0.39 is 10.0 Å². The van der Waals surface area contributed by atoms with E-state index in [2.05, 4.69) is 15.1 Å². The second kappa shape index (κ2) is 9.56. The lowest BCUT2D eigenvalue weighted by atomic mass is 10.1. The van der Waals surface area contributed by atoms with Crippen LogP contribution in [0.4, 0.5) is 10.1 Å². The van der Waals surface area contributed by atoms with Crippen LogP contribution in [0.2, 0.25) is 0 Å². The lowest BCUT2D eigenvalue weighted by Gasteiger charge is -2.20. The quantitative estimate of drug-likeness (QED) is 0.361. The van der Waals surface area contributed by atoms with Gasteiger partial charge in [-0.25, -0.2) is 22.2 Å². The van der Waals surface area contributed by atoms with Gasteiger partial charge in [-0.15, -0.1) is 0 Å². The summed E-state index contributed by atoms with van der Waals surface area (Å²) in [6, 6.07) is 15.5. The molecule has 0 radical (unpaired) electrons. The van der Waals surface area contributed by atoms with Gasteiger partial charge in [-0.3, -0.25) is 0 Å². The maximum Gasteiger partial charge on any atom is 0.241 e. The molecule has 1 atom stereocenters. The summed E-state index contributed by atoms with van der Waals surface area (Å²) >= 11 is 0. The Bertz CT molecular complexity index is 1410. The Morgan fingerprint density at radius 3 is 2.32 bits per heavy atom. The van der Waals surface area contributed by atoms with E-state index in [1.165, 1.54) is 12.1 Å². The van der Waals surface area contributed by atoms with Crippen molar-refractivity contribution in [2.24, 2.45) is 0 Å². The van der Waals surface area contributed by atoms with E-state index in [4.69, 9.17) is 0 Å². The van der Waals surface area contributed by atoms with Crippen LogP contribution in [-0.2, 0) is 10.0 Å². The van der Waals surface area contributed by atoms with Gasteiger partial charge in [-0.2, -0.15) is 5.10 Å². The van der Waals surface area contributed by atoms with E-state index in [-0.39, 0.29) is 11.9 Å². The molecule has 0 aliphatic heterocycles. The van der Waals surface area contributed by atoms with Crippen LogP contribution < -0.4 is 10.0 Å². The van der Waals surface area contributed by atoms with Crippen molar-refractivity contribution in [1.82, 2.24) is 14.5 Å². The number of nitrogens with zero attached hydrogens (tertiary/aromatic N) is 2. The van der Waals surface area contributed by atoms with E-state index in [0.717, 1.165) is 39.0 Å². The number of halogens is 1. The molecule has 3 aromatic carbocycles. The van der Waals surface area contributed by atoms with Crippen molar-refractivity contribution < 1.29 is 12.8 Å². The molecule has 8 heteroatoms. The fraction of sp³-hybridized carbons (Fsp3) is 0.269. The molecule has 34 heavy (non-hydrogen) atoms. The van der Waals surface area contributed by atoms with Crippen molar-refractivity contribution in [3.63, 3.8) is 0 Å². The number of hydrogen-bond donors (Lipinski definition) is 2. The summed E-state index contributed by atoms with van der Waals surface area (Å²) in [6.07, 6.45) is 2.40. The zero-order valence-electron chi connectivity index (χ0n) is 19.8. The topological polar surface area (TPSA) is 76.0 Å². The van der Waals surface area contributed by atoms with Gasteiger partial charge in [0.1, 0.15) is 5.82 Å². The minimum atomic E-state index is -3.65. The van der Waals surface area contributed by atoms with Gasteiger partial charge in [0.25, 0.3) is 0 Å². The van der Waals surface area contributed by atoms with Crippen LogP contribution in [0.3, 0.4) is 0 Å². The van der Waals surface area contributed by atoms with Crippen LogP contribution in [0, 0.1) is 26.6 Å². The Morgan fingerprint density at radius 1 is 1.00 bits per heavy atom. The number of rotatable bonds is 8. The fourth-order valence-corrected chi connectivity index (χ4v) is 6.08. The summed E-state index contributed by atoms with van der Waals surface area (Å²) < 4.78 is 44.1. The summed E-state index contributed by atoms with van der Waals surface area (Å²) in [5, 5.41) is 8.70. The van der Waals surface area contributed by atoms with Crippen molar-refractivity contribution in [3.8, 4) is 5.69 Å². The van der Waals surface area contributed by atoms with Gasteiger partial charge < -0.3 is 5.32 Å². The highest BCUT2D eigenvalue weighted by molar-refractivity contribution is 7.89. The number of fused-ring (bicyclic) bond motifs is 1. The number of benzene rings is 3. The van der Waals surface area contributed by atoms with E-state index in [0.29, 0.717) is 17.9 Å². The van der Waals surface area contributed by atoms with E-state index in [1.807, 2.05) is 58.0 Å². The summed E-state index contributed by atoms with van der Waals surface area (Å²) in [4.78, 5) is 0.353. The van der Waals surface area contributed by atoms with Crippen molar-refractivity contribution in [3.05, 3.63) is 83.3 Å². The molecule has 1 heterocycles. The Balaban J connectivity index is 1.48. The highest BCUT2D eigenvalue weighted by atomic mass is 32.2. The average Bonchev–Trinajstić information content (AvgIpc) is 3.19.